The highest BCUT2D eigenvalue weighted by molar-refractivity contribution is 5.99. The van der Waals surface area contributed by atoms with E-state index in [0.717, 1.165) is 5.56 Å². The second-order valence-corrected chi connectivity index (χ2v) is 10.1. The molecule has 0 saturated heterocycles. The van der Waals surface area contributed by atoms with Gasteiger partial charge in [0.2, 0.25) is 5.91 Å². The largest absolute Gasteiger partial charge is 0.461 e. The summed E-state index contributed by atoms with van der Waals surface area (Å²) in [6.07, 6.45) is -1.26. The third-order valence-electron chi connectivity index (χ3n) is 4.41. The molecule has 36 heavy (non-hydrogen) atoms. The van der Waals surface area contributed by atoms with E-state index >= 15 is 0 Å². The smallest absolute Gasteiger partial charge is 0.408 e. The number of esters is 2. The number of carbonyl (C=O) groups excluding carboxylic acids is 4. The zero-order chi connectivity index (χ0) is 26.9. The second kappa shape index (κ2) is 12.2. The highest BCUT2D eigenvalue weighted by Gasteiger charge is 2.27. The van der Waals surface area contributed by atoms with Gasteiger partial charge in [-0.25, -0.2) is 9.59 Å². The van der Waals surface area contributed by atoms with Gasteiger partial charge in [0.05, 0.1) is 12.0 Å². The molecule has 0 unspecified atom stereocenters. The quantitative estimate of drug-likeness (QED) is 0.403. The van der Waals surface area contributed by atoms with Gasteiger partial charge in [0, 0.05) is 5.69 Å². The van der Waals surface area contributed by atoms with Crippen molar-refractivity contribution in [2.75, 3.05) is 5.32 Å². The predicted molar refractivity (Wildman–Crippen MR) is 134 cm³/mol. The fraction of sp³-hybridized carbons (Fsp3) is 0.407. The van der Waals surface area contributed by atoms with Crippen molar-refractivity contribution in [3.05, 3.63) is 65.7 Å². The summed E-state index contributed by atoms with van der Waals surface area (Å²) in [6, 6.07) is 13.9. The summed E-state index contributed by atoms with van der Waals surface area (Å²) in [5.74, 6) is -1.82. The van der Waals surface area contributed by atoms with Crippen LogP contribution < -0.4 is 10.6 Å². The summed E-state index contributed by atoms with van der Waals surface area (Å²) in [5.41, 5.74) is 0.0320. The van der Waals surface area contributed by atoms with Crippen molar-refractivity contribution < 1.29 is 33.4 Å². The molecule has 2 aromatic rings. The summed E-state index contributed by atoms with van der Waals surface area (Å²) in [5, 5.41) is 5.06. The van der Waals surface area contributed by atoms with Crippen LogP contribution in [0, 0.1) is 0 Å². The maximum absolute atomic E-state index is 12.9. The number of amides is 2. The maximum atomic E-state index is 12.9. The Balaban J connectivity index is 2.07. The normalized spacial score (nSPS) is 12.2. The fourth-order valence-electron chi connectivity index (χ4n) is 2.88. The van der Waals surface area contributed by atoms with Crippen LogP contribution >= 0.6 is 0 Å². The minimum Gasteiger partial charge on any atom is -0.461 e. The van der Waals surface area contributed by atoms with Crippen molar-refractivity contribution in [2.24, 2.45) is 0 Å². The van der Waals surface area contributed by atoms with Crippen molar-refractivity contribution in [1.82, 2.24) is 5.32 Å². The predicted octanol–water partition coefficient (Wildman–Crippen LogP) is 4.61. The lowest BCUT2D eigenvalue weighted by atomic mass is 10.1. The number of benzene rings is 2. The van der Waals surface area contributed by atoms with E-state index in [1.54, 1.807) is 53.7 Å². The number of nitrogens with one attached hydrogen (secondary N) is 2. The van der Waals surface area contributed by atoms with E-state index in [9.17, 15) is 19.2 Å². The van der Waals surface area contributed by atoms with Gasteiger partial charge in [-0.15, -0.1) is 0 Å². The zero-order valence-electron chi connectivity index (χ0n) is 21.5. The van der Waals surface area contributed by atoms with Gasteiger partial charge in [-0.1, -0.05) is 30.3 Å². The number of alkyl carbamates (subject to hydrolysis) is 1. The van der Waals surface area contributed by atoms with Crippen LogP contribution in [0.3, 0.4) is 0 Å². The lowest BCUT2D eigenvalue weighted by Gasteiger charge is -2.23. The minimum atomic E-state index is -1.26. The molecular formula is C27H34N2O7. The van der Waals surface area contributed by atoms with Crippen molar-refractivity contribution in [2.45, 2.75) is 71.8 Å². The molecule has 0 heterocycles. The molecular weight excluding hydrogens is 464 g/mol. The van der Waals surface area contributed by atoms with Gasteiger partial charge in [0.15, 0.2) is 0 Å². The topological polar surface area (TPSA) is 120 Å². The first-order chi connectivity index (χ1) is 16.7. The second-order valence-electron chi connectivity index (χ2n) is 10.1. The van der Waals surface area contributed by atoms with Gasteiger partial charge in [-0.3, -0.25) is 9.59 Å². The van der Waals surface area contributed by atoms with E-state index in [1.165, 1.54) is 24.3 Å². The van der Waals surface area contributed by atoms with Crippen LogP contribution in [-0.2, 0) is 30.4 Å². The Morgan fingerprint density at radius 1 is 0.806 bits per heavy atom. The highest BCUT2D eigenvalue weighted by atomic mass is 16.6. The van der Waals surface area contributed by atoms with Gasteiger partial charge in [-0.05, 0) is 71.4 Å². The molecule has 0 fully saturated rings. The van der Waals surface area contributed by atoms with Gasteiger partial charge >= 0.3 is 18.0 Å². The Kier molecular flexibility index (Phi) is 9.60. The Morgan fingerprint density at radius 3 is 1.94 bits per heavy atom. The molecule has 0 aliphatic heterocycles. The molecule has 2 rings (SSSR count). The Bertz CT molecular complexity index is 1050. The summed E-state index contributed by atoms with van der Waals surface area (Å²) < 4.78 is 15.8. The molecule has 0 aliphatic rings. The van der Waals surface area contributed by atoms with Crippen LogP contribution in [0.4, 0.5) is 10.5 Å². The molecule has 0 bridgehead atoms. The first-order valence-electron chi connectivity index (χ1n) is 11.6. The highest BCUT2D eigenvalue weighted by Crippen LogP contribution is 2.16. The maximum Gasteiger partial charge on any atom is 0.408 e. The van der Waals surface area contributed by atoms with Crippen molar-refractivity contribution in [1.29, 1.82) is 0 Å². The molecule has 9 heteroatoms. The number of rotatable bonds is 8. The van der Waals surface area contributed by atoms with Crippen LogP contribution in [0.5, 0.6) is 0 Å². The molecule has 2 N–H and O–H groups in total. The SMILES string of the molecule is CC(C)(C)OC(=O)N[C@@H](CC(=O)OCc1ccccc1)C(=O)Nc1ccc(C(=O)OC(C)(C)C)cc1. The number of carbonyl (C=O) groups is 4. The molecule has 0 aromatic heterocycles. The lowest BCUT2D eigenvalue weighted by molar-refractivity contribution is -0.146. The van der Waals surface area contributed by atoms with Crippen LogP contribution in [0.2, 0.25) is 0 Å². The number of hydrogen-bond acceptors (Lipinski definition) is 7. The summed E-state index contributed by atoms with van der Waals surface area (Å²) in [6.45, 7) is 10.4. The molecule has 1 atom stereocenters. The van der Waals surface area contributed by atoms with E-state index in [1.807, 2.05) is 18.2 Å². The first kappa shape index (κ1) is 28.4. The molecule has 0 radical (unpaired) electrons. The first-order valence-corrected chi connectivity index (χ1v) is 11.6. The van der Waals surface area contributed by atoms with Gasteiger partial charge in [-0.2, -0.15) is 0 Å². The third-order valence-corrected chi connectivity index (χ3v) is 4.41. The molecule has 0 saturated carbocycles. The van der Waals surface area contributed by atoms with Crippen molar-refractivity contribution >= 4 is 29.6 Å². The average Bonchev–Trinajstić information content (AvgIpc) is 2.76. The third kappa shape index (κ3) is 10.6. The van der Waals surface area contributed by atoms with Crippen LogP contribution in [0.25, 0.3) is 0 Å². The molecule has 9 nitrogen and oxygen atoms in total. The van der Waals surface area contributed by atoms with E-state index in [4.69, 9.17) is 14.2 Å². The Hall–Kier alpha value is -3.88. The van der Waals surface area contributed by atoms with Gasteiger partial charge in [0.25, 0.3) is 0 Å². The van der Waals surface area contributed by atoms with E-state index in [-0.39, 0.29) is 6.61 Å². The minimum absolute atomic E-state index is 0.0343. The number of hydrogen-bond donors (Lipinski definition) is 2. The summed E-state index contributed by atoms with van der Waals surface area (Å²) >= 11 is 0. The Morgan fingerprint density at radius 2 is 1.39 bits per heavy atom. The van der Waals surface area contributed by atoms with Crippen LogP contribution in [0.15, 0.2) is 54.6 Å². The Labute approximate surface area is 211 Å². The molecule has 2 amide bonds. The summed E-state index contributed by atoms with van der Waals surface area (Å²) in [4.78, 5) is 49.9. The lowest BCUT2D eigenvalue weighted by Crippen LogP contribution is -2.47. The number of anilines is 1. The molecule has 2 aromatic carbocycles. The average molecular weight is 499 g/mol. The fourth-order valence-corrected chi connectivity index (χ4v) is 2.88. The van der Waals surface area contributed by atoms with Crippen LogP contribution in [-0.4, -0.2) is 41.2 Å². The van der Waals surface area contributed by atoms with Crippen molar-refractivity contribution in [3.8, 4) is 0 Å². The standard InChI is InChI=1S/C27H34N2O7/c1-26(2,3)35-24(32)19-12-14-20(15-13-19)28-23(31)21(29-25(33)36-27(4,5)6)16-22(30)34-17-18-10-8-7-9-11-18/h7-15,21H,16-17H2,1-6H3,(H,28,31)(H,29,33)/t21-/m0/s1. The van der Waals surface area contributed by atoms with Crippen molar-refractivity contribution in [3.63, 3.8) is 0 Å². The zero-order valence-corrected chi connectivity index (χ0v) is 21.5. The number of ether oxygens (including phenoxy) is 3. The molecule has 0 spiro atoms. The monoisotopic (exact) mass is 498 g/mol. The van der Waals surface area contributed by atoms with E-state index < -0.39 is 47.6 Å². The molecule has 0 aliphatic carbocycles. The summed E-state index contributed by atoms with van der Waals surface area (Å²) in [7, 11) is 0. The van der Waals surface area contributed by atoms with E-state index in [2.05, 4.69) is 10.6 Å². The van der Waals surface area contributed by atoms with Gasteiger partial charge < -0.3 is 24.8 Å². The van der Waals surface area contributed by atoms with Crippen LogP contribution in [0.1, 0.15) is 63.9 Å². The van der Waals surface area contributed by atoms with Gasteiger partial charge in [0.1, 0.15) is 23.9 Å². The van der Waals surface area contributed by atoms with E-state index in [0.29, 0.717) is 11.3 Å². The molecule has 194 valence electrons.